The average molecular weight is 309 g/mol. The quantitative estimate of drug-likeness (QED) is 0.943. The van der Waals surface area contributed by atoms with Crippen LogP contribution in [-0.4, -0.2) is 17.0 Å². The zero-order valence-corrected chi connectivity index (χ0v) is 13.2. The molecule has 0 fully saturated rings. The number of hydrogen-bond acceptors (Lipinski definition) is 2. The smallest absolute Gasteiger partial charge is 0.304 e. The van der Waals surface area contributed by atoms with Crippen molar-refractivity contribution in [1.82, 2.24) is 0 Å². The predicted molar refractivity (Wildman–Crippen MR) is 88.4 cm³/mol. The minimum Gasteiger partial charge on any atom is -0.481 e. The third kappa shape index (κ3) is 2.50. The Morgan fingerprint density at radius 1 is 1.13 bits per heavy atom. The number of benzene rings is 2. The number of anilines is 1. The number of aliphatic carboxylic acids is 1. The molecule has 4 heteroatoms. The monoisotopic (exact) mass is 309 g/mol. The lowest BCUT2D eigenvalue weighted by Crippen LogP contribution is -2.39. The molecule has 2 aromatic carbocycles. The maximum absolute atomic E-state index is 13.0. The Kier molecular flexibility index (Phi) is 3.68. The number of fused-ring (bicyclic) bond motifs is 1. The number of carboxylic acids is 1. The summed E-state index contributed by atoms with van der Waals surface area (Å²) in [5, 5.41) is 9.26. The topological polar surface area (TPSA) is 57.6 Å². The van der Waals surface area contributed by atoms with Crippen molar-refractivity contribution < 1.29 is 14.7 Å². The van der Waals surface area contributed by atoms with Gasteiger partial charge in [-0.15, -0.1) is 0 Å². The molecule has 3 rings (SSSR count). The van der Waals surface area contributed by atoms with E-state index in [4.69, 9.17) is 0 Å². The molecule has 0 aromatic heterocycles. The van der Waals surface area contributed by atoms with Crippen LogP contribution in [0, 0.1) is 6.92 Å². The highest BCUT2D eigenvalue weighted by Crippen LogP contribution is 2.46. The minimum absolute atomic E-state index is 0.145. The maximum Gasteiger partial charge on any atom is 0.304 e. The molecule has 1 aliphatic heterocycles. The Hall–Kier alpha value is -2.62. The molecule has 0 saturated heterocycles. The van der Waals surface area contributed by atoms with Crippen molar-refractivity contribution in [1.29, 1.82) is 0 Å². The van der Waals surface area contributed by atoms with Crippen LogP contribution in [0.1, 0.15) is 30.0 Å². The lowest BCUT2D eigenvalue weighted by molar-refractivity contribution is -0.141. The Balaban J connectivity index is 2.09. The van der Waals surface area contributed by atoms with Gasteiger partial charge in [-0.2, -0.15) is 0 Å². The molecule has 0 saturated carbocycles. The summed E-state index contributed by atoms with van der Waals surface area (Å²) in [5.41, 5.74) is 2.66. The second kappa shape index (κ2) is 5.54. The Labute approximate surface area is 135 Å². The van der Waals surface area contributed by atoms with E-state index in [0.29, 0.717) is 6.54 Å². The Morgan fingerprint density at radius 3 is 2.48 bits per heavy atom. The van der Waals surface area contributed by atoms with Crippen molar-refractivity contribution in [2.75, 3.05) is 4.90 Å². The fourth-order valence-electron chi connectivity index (χ4n) is 3.37. The summed E-state index contributed by atoms with van der Waals surface area (Å²) in [5.74, 6) is -1.11. The van der Waals surface area contributed by atoms with Crippen molar-refractivity contribution >= 4 is 17.6 Å². The molecule has 0 bridgehead atoms. The highest BCUT2D eigenvalue weighted by molar-refractivity contribution is 6.10. The van der Waals surface area contributed by atoms with Gasteiger partial charge in [-0.1, -0.05) is 48.5 Å². The number of amides is 1. The van der Waals surface area contributed by atoms with Crippen LogP contribution in [0.3, 0.4) is 0 Å². The van der Waals surface area contributed by atoms with E-state index < -0.39 is 11.4 Å². The molecule has 23 heavy (non-hydrogen) atoms. The van der Waals surface area contributed by atoms with Crippen molar-refractivity contribution in [2.45, 2.75) is 32.2 Å². The number of carbonyl (C=O) groups is 2. The fraction of sp³-hybridized carbons (Fsp3) is 0.263. The molecule has 0 radical (unpaired) electrons. The van der Waals surface area contributed by atoms with Crippen LogP contribution >= 0.6 is 0 Å². The van der Waals surface area contributed by atoms with Crippen LogP contribution in [0.15, 0.2) is 48.5 Å². The van der Waals surface area contributed by atoms with Gasteiger partial charge in [0.25, 0.3) is 0 Å². The van der Waals surface area contributed by atoms with Crippen LogP contribution in [0.25, 0.3) is 0 Å². The zero-order chi connectivity index (χ0) is 16.6. The molecule has 0 unspecified atom stereocenters. The molecule has 0 aliphatic carbocycles. The molecule has 118 valence electrons. The largest absolute Gasteiger partial charge is 0.481 e. The van der Waals surface area contributed by atoms with Gasteiger partial charge in [0.05, 0.1) is 24.1 Å². The first-order valence-electron chi connectivity index (χ1n) is 7.61. The fourth-order valence-corrected chi connectivity index (χ4v) is 3.37. The number of para-hydroxylation sites is 1. The molecular weight excluding hydrogens is 290 g/mol. The normalized spacial score (nSPS) is 19.7. The molecule has 4 nitrogen and oxygen atoms in total. The lowest BCUT2D eigenvalue weighted by Gasteiger charge is -2.23. The number of carboxylic acid groups (broad SMARTS) is 1. The molecule has 1 N–H and O–H groups in total. The summed E-state index contributed by atoms with van der Waals surface area (Å²) < 4.78 is 0. The number of carbonyl (C=O) groups excluding carboxylic acids is 1. The molecule has 1 amide bonds. The first kappa shape index (κ1) is 15.3. The molecule has 1 atom stereocenters. The van der Waals surface area contributed by atoms with E-state index in [-0.39, 0.29) is 12.3 Å². The van der Waals surface area contributed by atoms with E-state index in [0.717, 1.165) is 22.4 Å². The molecule has 0 spiro atoms. The van der Waals surface area contributed by atoms with Gasteiger partial charge in [0.1, 0.15) is 0 Å². The van der Waals surface area contributed by atoms with Crippen molar-refractivity contribution in [2.24, 2.45) is 0 Å². The Bertz CT molecular complexity index is 769. The number of hydrogen-bond donors (Lipinski definition) is 1. The van der Waals surface area contributed by atoms with Crippen LogP contribution in [-0.2, 0) is 21.5 Å². The van der Waals surface area contributed by atoms with Crippen LogP contribution in [0.4, 0.5) is 5.69 Å². The van der Waals surface area contributed by atoms with E-state index in [2.05, 4.69) is 0 Å². The summed E-state index contributed by atoms with van der Waals surface area (Å²) >= 11 is 0. The van der Waals surface area contributed by atoms with Crippen molar-refractivity contribution in [3.8, 4) is 0 Å². The highest BCUT2D eigenvalue weighted by atomic mass is 16.4. The van der Waals surface area contributed by atoms with Gasteiger partial charge < -0.3 is 10.0 Å². The van der Waals surface area contributed by atoms with Crippen molar-refractivity contribution in [3.05, 3.63) is 65.2 Å². The molecular formula is C19H19NO3. The summed E-state index contributed by atoms with van der Waals surface area (Å²) in [6.07, 6.45) is -0.201. The predicted octanol–water partition coefficient (Wildman–Crippen LogP) is 3.27. The van der Waals surface area contributed by atoms with Crippen LogP contribution in [0.2, 0.25) is 0 Å². The molecule has 1 heterocycles. The first-order chi connectivity index (χ1) is 10.9. The van der Waals surface area contributed by atoms with E-state index in [1.807, 2.05) is 55.5 Å². The number of rotatable bonds is 4. The van der Waals surface area contributed by atoms with Crippen molar-refractivity contribution in [3.63, 3.8) is 0 Å². The summed E-state index contributed by atoms with van der Waals surface area (Å²) in [6.45, 7) is 4.13. The molecule has 1 aliphatic rings. The lowest BCUT2D eigenvalue weighted by atomic mass is 9.80. The van der Waals surface area contributed by atoms with E-state index >= 15 is 0 Å². The van der Waals surface area contributed by atoms with Gasteiger partial charge in [-0.3, -0.25) is 9.59 Å². The number of aryl methyl sites for hydroxylation is 1. The van der Waals surface area contributed by atoms with Gasteiger partial charge in [0.15, 0.2) is 0 Å². The van der Waals surface area contributed by atoms with Crippen LogP contribution in [0.5, 0.6) is 0 Å². The standard InChI is InChI=1S/C19H19NO3/c1-13-7-6-10-15-17(13)20(12-14-8-4-3-5-9-14)18(23)19(15,2)11-16(21)22/h3-10H,11-12H2,1-2H3,(H,21,22)/t19-/m1/s1. The van der Waals surface area contributed by atoms with Gasteiger partial charge in [0.2, 0.25) is 5.91 Å². The Morgan fingerprint density at radius 2 is 1.83 bits per heavy atom. The summed E-state index contributed by atoms with van der Waals surface area (Å²) in [6, 6.07) is 15.5. The summed E-state index contributed by atoms with van der Waals surface area (Å²) in [4.78, 5) is 26.1. The minimum atomic E-state index is -1.01. The van der Waals surface area contributed by atoms with E-state index in [9.17, 15) is 14.7 Å². The first-order valence-corrected chi connectivity index (χ1v) is 7.61. The third-order valence-corrected chi connectivity index (χ3v) is 4.51. The zero-order valence-electron chi connectivity index (χ0n) is 13.2. The van der Waals surface area contributed by atoms with Gasteiger partial charge in [0, 0.05) is 0 Å². The summed E-state index contributed by atoms with van der Waals surface area (Å²) in [7, 11) is 0. The van der Waals surface area contributed by atoms with Gasteiger partial charge >= 0.3 is 5.97 Å². The van der Waals surface area contributed by atoms with Crippen LogP contribution < -0.4 is 4.90 Å². The van der Waals surface area contributed by atoms with Gasteiger partial charge in [-0.25, -0.2) is 0 Å². The van der Waals surface area contributed by atoms with E-state index in [1.165, 1.54) is 0 Å². The van der Waals surface area contributed by atoms with E-state index in [1.54, 1.807) is 11.8 Å². The highest BCUT2D eigenvalue weighted by Gasteiger charge is 2.49. The third-order valence-electron chi connectivity index (χ3n) is 4.51. The maximum atomic E-state index is 13.0. The second-order valence-corrected chi connectivity index (χ2v) is 6.25. The second-order valence-electron chi connectivity index (χ2n) is 6.25. The average Bonchev–Trinajstić information content (AvgIpc) is 2.71. The SMILES string of the molecule is Cc1cccc2c1N(Cc1ccccc1)C(=O)[C@]2(C)CC(=O)O. The van der Waals surface area contributed by atoms with Gasteiger partial charge in [-0.05, 0) is 30.5 Å². The number of nitrogens with zero attached hydrogens (tertiary/aromatic N) is 1. The molecule has 2 aromatic rings.